The van der Waals surface area contributed by atoms with Gasteiger partial charge in [0.25, 0.3) is 5.69 Å². The zero-order valence-electron chi connectivity index (χ0n) is 10.1. The highest BCUT2D eigenvalue weighted by Gasteiger charge is 2.07. The van der Waals surface area contributed by atoms with Crippen molar-refractivity contribution in [3.8, 4) is 11.6 Å². The van der Waals surface area contributed by atoms with Crippen molar-refractivity contribution in [2.75, 3.05) is 0 Å². The van der Waals surface area contributed by atoms with Gasteiger partial charge in [0.2, 0.25) is 5.88 Å². The summed E-state index contributed by atoms with van der Waals surface area (Å²) in [4.78, 5) is 14.0. The summed E-state index contributed by atoms with van der Waals surface area (Å²) in [6, 6.07) is 8.59. The van der Waals surface area contributed by atoms with Crippen LogP contribution in [0.25, 0.3) is 0 Å². The van der Waals surface area contributed by atoms with E-state index in [0.29, 0.717) is 11.3 Å². The number of amidine groups is 1. The Kier molecular flexibility index (Phi) is 3.75. The Hall–Kier alpha value is -3.16. The molecule has 0 saturated carbocycles. The first-order chi connectivity index (χ1) is 9.60. The van der Waals surface area contributed by atoms with Crippen molar-refractivity contribution in [1.82, 2.24) is 4.98 Å². The lowest BCUT2D eigenvalue weighted by molar-refractivity contribution is -0.384. The van der Waals surface area contributed by atoms with Gasteiger partial charge in [-0.25, -0.2) is 4.98 Å². The fourth-order valence-corrected chi connectivity index (χ4v) is 1.44. The van der Waals surface area contributed by atoms with Crippen LogP contribution < -0.4 is 10.5 Å². The third-order valence-electron chi connectivity index (χ3n) is 2.41. The number of oxime groups is 1. The molecule has 0 spiro atoms. The van der Waals surface area contributed by atoms with Gasteiger partial charge in [-0.3, -0.25) is 10.1 Å². The van der Waals surface area contributed by atoms with Gasteiger partial charge in [0, 0.05) is 30.0 Å². The molecular weight excluding hydrogens is 264 g/mol. The first-order valence-electron chi connectivity index (χ1n) is 5.46. The maximum absolute atomic E-state index is 10.5. The van der Waals surface area contributed by atoms with Crippen LogP contribution in [-0.4, -0.2) is 21.0 Å². The minimum Gasteiger partial charge on any atom is -0.439 e. The molecule has 0 bridgehead atoms. The Bertz CT molecular complexity index is 655. The maximum Gasteiger partial charge on any atom is 0.269 e. The van der Waals surface area contributed by atoms with Gasteiger partial charge in [0.15, 0.2) is 5.84 Å². The summed E-state index contributed by atoms with van der Waals surface area (Å²) >= 11 is 0. The number of aromatic nitrogens is 1. The van der Waals surface area contributed by atoms with Crippen LogP contribution in [0.4, 0.5) is 5.69 Å². The number of rotatable bonds is 4. The molecule has 8 nitrogen and oxygen atoms in total. The molecule has 0 unspecified atom stereocenters. The van der Waals surface area contributed by atoms with Gasteiger partial charge in [0.05, 0.1) is 4.92 Å². The van der Waals surface area contributed by atoms with E-state index >= 15 is 0 Å². The summed E-state index contributed by atoms with van der Waals surface area (Å²) in [7, 11) is 0. The van der Waals surface area contributed by atoms with Crippen molar-refractivity contribution in [2.45, 2.75) is 0 Å². The summed E-state index contributed by atoms with van der Waals surface area (Å²) in [6.07, 6.45) is 1.44. The second kappa shape index (κ2) is 5.65. The Balaban J connectivity index is 2.19. The Labute approximate surface area is 113 Å². The van der Waals surface area contributed by atoms with Crippen LogP contribution in [0.3, 0.4) is 0 Å². The topological polar surface area (TPSA) is 124 Å². The first-order valence-corrected chi connectivity index (χ1v) is 5.46. The highest BCUT2D eigenvalue weighted by molar-refractivity contribution is 5.97. The molecule has 3 N–H and O–H groups in total. The van der Waals surface area contributed by atoms with E-state index in [2.05, 4.69) is 10.1 Å². The van der Waals surface area contributed by atoms with Crippen molar-refractivity contribution in [2.24, 2.45) is 10.9 Å². The number of nitrogens with two attached hydrogens (primary N) is 1. The summed E-state index contributed by atoms with van der Waals surface area (Å²) in [6.45, 7) is 0. The van der Waals surface area contributed by atoms with Crippen molar-refractivity contribution < 1.29 is 14.9 Å². The van der Waals surface area contributed by atoms with E-state index in [1.54, 1.807) is 6.07 Å². The molecule has 20 heavy (non-hydrogen) atoms. The minimum atomic E-state index is -0.499. The molecule has 0 atom stereocenters. The number of hydrogen-bond acceptors (Lipinski definition) is 6. The summed E-state index contributed by atoms with van der Waals surface area (Å²) in [5.74, 6) is 0.545. The van der Waals surface area contributed by atoms with Crippen LogP contribution in [0.5, 0.6) is 11.6 Å². The average Bonchev–Trinajstić information content (AvgIpc) is 2.47. The SMILES string of the molecule is N/C(=N\O)c1ccnc(Oc2ccc([N+](=O)[O-])cc2)c1. The van der Waals surface area contributed by atoms with E-state index in [4.69, 9.17) is 15.7 Å². The fraction of sp³-hybridized carbons (Fsp3) is 0. The molecule has 0 aliphatic rings. The predicted octanol–water partition coefficient (Wildman–Crippen LogP) is 1.88. The molecule has 102 valence electrons. The second-order valence-electron chi connectivity index (χ2n) is 3.72. The molecule has 1 aromatic heterocycles. The van der Waals surface area contributed by atoms with Crippen LogP contribution in [0.15, 0.2) is 47.8 Å². The molecule has 1 aromatic carbocycles. The number of ether oxygens (including phenoxy) is 1. The standard InChI is InChI=1S/C12H10N4O4/c13-12(15-17)8-5-6-14-11(7-8)20-10-3-1-9(2-4-10)16(18)19/h1-7,17H,(H2,13,15). The van der Waals surface area contributed by atoms with Gasteiger partial charge in [-0.05, 0) is 18.2 Å². The van der Waals surface area contributed by atoms with E-state index in [9.17, 15) is 10.1 Å². The minimum absolute atomic E-state index is 0.0317. The van der Waals surface area contributed by atoms with Gasteiger partial charge in [-0.1, -0.05) is 5.16 Å². The van der Waals surface area contributed by atoms with Crippen molar-refractivity contribution in [1.29, 1.82) is 0 Å². The molecule has 0 amide bonds. The molecular formula is C12H10N4O4. The molecule has 0 aliphatic heterocycles. The van der Waals surface area contributed by atoms with Crippen molar-refractivity contribution in [3.63, 3.8) is 0 Å². The lowest BCUT2D eigenvalue weighted by Gasteiger charge is -2.05. The summed E-state index contributed by atoms with van der Waals surface area (Å²) in [5, 5.41) is 22.0. The van der Waals surface area contributed by atoms with E-state index in [-0.39, 0.29) is 17.4 Å². The number of pyridine rings is 1. The molecule has 8 heteroatoms. The summed E-state index contributed by atoms with van der Waals surface area (Å²) in [5.41, 5.74) is 5.86. The Morgan fingerprint density at radius 1 is 1.35 bits per heavy atom. The normalized spacial score (nSPS) is 11.1. The van der Waals surface area contributed by atoms with Gasteiger partial charge in [-0.15, -0.1) is 0 Å². The van der Waals surface area contributed by atoms with Crippen molar-refractivity contribution >= 4 is 11.5 Å². The third kappa shape index (κ3) is 2.99. The zero-order chi connectivity index (χ0) is 14.5. The number of nitro groups is 1. The lowest BCUT2D eigenvalue weighted by atomic mass is 10.2. The van der Waals surface area contributed by atoms with E-state index in [0.717, 1.165) is 0 Å². The molecule has 0 radical (unpaired) electrons. The fourth-order valence-electron chi connectivity index (χ4n) is 1.44. The number of benzene rings is 1. The monoisotopic (exact) mass is 274 g/mol. The van der Waals surface area contributed by atoms with Gasteiger partial charge in [0.1, 0.15) is 5.75 Å². The lowest BCUT2D eigenvalue weighted by Crippen LogP contribution is -2.13. The molecule has 2 rings (SSSR count). The second-order valence-corrected chi connectivity index (χ2v) is 3.72. The van der Waals surface area contributed by atoms with Gasteiger partial charge in [-0.2, -0.15) is 0 Å². The highest BCUT2D eigenvalue weighted by Crippen LogP contribution is 2.22. The van der Waals surface area contributed by atoms with Crippen LogP contribution >= 0.6 is 0 Å². The highest BCUT2D eigenvalue weighted by atomic mass is 16.6. The van der Waals surface area contributed by atoms with E-state index in [1.165, 1.54) is 36.5 Å². The Morgan fingerprint density at radius 3 is 2.65 bits per heavy atom. The average molecular weight is 274 g/mol. The molecule has 1 heterocycles. The maximum atomic E-state index is 10.5. The molecule has 0 aliphatic carbocycles. The first kappa shape index (κ1) is 13.3. The third-order valence-corrected chi connectivity index (χ3v) is 2.41. The van der Waals surface area contributed by atoms with E-state index in [1.807, 2.05) is 0 Å². The van der Waals surface area contributed by atoms with Crippen molar-refractivity contribution in [3.05, 3.63) is 58.3 Å². The summed E-state index contributed by atoms with van der Waals surface area (Å²) < 4.78 is 5.42. The molecule has 0 saturated heterocycles. The van der Waals surface area contributed by atoms with Gasteiger partial charge < -0.3 is 15.7 Å². The van der Waals surface area contributed by atoms with Crippen LogP contribution in [-0.2, 0) is 0 Å². The number of nitro benzene ring substituents is 1. The predicted molar refractivity (Wildman–Crippen MR) is 69.9 cm³/mol. The van der Waals surface area contributed by atoms with Gasteiger partial charge >= 0.3 is 0 Å². The quantitative estimate of drug-likeness (QED) is 0.288. The number of hydrogen-bond donors (Lipinski definition) is 2. The van der Waals surface area contributed by atoms with Crippen LogP contribution in [0, 0.1) is 10.1 Å². The Morgan fingerprint density at radius 2 is 2.05 bits per heavy atom. The van der Waals surface area contributed by atoms with Crippen LogP contribution in [0.2, 0.25) is 0 Å². The largest absolute Gasteiger partial charge is 0.439 e. The van der Waals surface area contributed by atoms with Crippen LogP contribution in [0.1, 0.15) is 5.56 Å². The molecule has 2 aromatic rings. The smallest absolute Gasteiger partial charge is 0.269 e. The van der Waals surface area contributed by atoms with E-state index < -0.39 is 4.92 Å². The number of non-ortho nitro benzene ring substituents is 1. The zero-order valence-corrected chi connectivity index (χ0v) is 10.1. The number of nitrogens with zero attached hydrogens (tertiary/aromatic N) is 3. The molecule has 0 fully saturated rings.